The van der Waals surface area contributed by atoms with Crippen LogP contribution in [0.1, 0.15) is 13.8 Å². The molecule has 2 heterocycles. The molecule has 0 aliphatic heterocycles. The fourth-order valence-corrected chi connectivity index (χ4v) is 1.50. The van der Waals surface area contributed by atoms with Crippen LogP contribution in [-0.2, 0) is 9.53 Å². The average molecular weight is 260 g/mol. The number of nitrogens with one attached hydrogen (secondary N) is 1. The summed E-state index contributed by atoms with van der Waals surface area (Å²) in [5.41, 5.74) is 0.601. The van der Waals surface area contributed by atoms with E-state index >= 15 is 0 Å². The molecule has 0 aliphatic carbocycles. The Balaban J connectivity index is 2.10. The molecule has 1 N–H and O–H groups in total. The number of anilines is 1. The summed E-state index contributed by atoms with van der Waals surface area (Å²) >= 11 is 0. The highest BCUT2D eigenvalue weighted by molar-refractivity contribution is 5.93. The van der Waals surface area contributed by atoms with Crippen molar-refractivity contribution in [2.45, 2.75) is 20.0 Å². The Kier molecular flexibility index (Phi) is 4.25. The second-order valence-corrected chi connectivity index (χ2v) is 4.23. The quantitative estimate of drug-likeness (QED) is 0.887. The Morgan fingerprint density at radius 3 is 2.95 bits per heavy atom. The molecule has 0 spiro atoms. The molecule has 0 bridgehead atoms. The first kappa shape index (κ1) is 13.2. The minimum atomic E-state index is -0.213. The lowest BCUT2D eigenvalue weighted by Crippen LogP contribution is -2.21. The van der Waals surface area contributed by atoms with E-state index in [1.165, 1.54) is 0 Å². The zero-order chi connectivity index (χ0) is 13.7. The molecule has 6 nitrogen and oxygen atoms in total. The smallest absolute Gasteiger partial charge is 0.250 e. The number of carbonyl (C=O) groups is 1. The average Bonchev–Trinajstić information content (AvgIpc) is 2.91. The standard InChI is InChI=1S/C13H16N4O2/c1-10(2)19-9-12(18)16-11-5-3-6-14-13(11)17-8-4-7-15-17/h3-8,10H,9H2,1-2H3,(H,16,18). The van der Waals surface area contributed by atoms with Crippen molar-refractivity contribution in [1.29, 1.82) is 0 Å². The molecule has 0 aromatic carbocycles. The third-order valence-corrected chi connectivity index (χ3v) is 2.33. The van der Waals surface area contributed by atoms with Gasteiger partial charge in [-0.15, -0.1) is 0 Å². The van der Waals surface area contributed by atoms with Crippen LogP contribution < -0.4 is 5.32 Å². The van der Waals surface area contributed by atoms with Crippen LogP contribution in [0.15, 0.2) is 36.8 Å². The summed E-state index contributed by atoms with van der Waals surface area (Å²) in [6.45, 7) is 3.78. The van der Waals surface area contributed by atoms with Crippen LogP contribution in [0.4, 0.5) is 5.69 Å². The van der Waals surface area contributed by atoms with Gasteiger partial charge in [0, 0.05) is 18.6 Å². The first-order valence-electron chi connectivity index (χ1n) is 6.03. The molecule has 0 aliphatic rings. The molecule has 1 amide bonds. The van der Waals surface area contributed by atoms with Gasteiger partial charge in [0.25, 0.3) is 0 Å². The zero-order valence-electron chi connectivity index (χ0n) is 10.9. The van der Waals surface area contributed by atoms with E-state index in [1.807, 2.05) is 13.8 Å². The second-order valence-electron chi connectivity index (χ2n) is 4.23. The monoisotopic (exact) mass is 260 g/mol. The number of hydrogen-bond donors (Lipinski definition) is 1. The molecule has 2 rings (SSSR count). The van der Waals surface area contributed by atoms with Gasteiger partial charge in [-0.2, -0.15) is 5.10 Å². The SMILES string of the molecule is CC(C)OCC(=O)Nc1cccnc1-n1cccn1. The van der Waals surface area contributed by atoms with Crippen LogP contribution in [0.2, 0.25) is 0 Å². The Morgan fingerprint density at radius 2 is 2.26 bits per heavy atom. The van der Waals surface area contributed by atoms with Crippen LogP contribution >= 0.6 is 0 Å². The van der Waals surface area contributed by atoms with E-state index in [4.69, 9.17) is 4.74 Å². The van der Waals surface area contributed by atoms with E-state index in [0.29, 0.717) is 11.5 Å². The minimum absolute atomic E-state index is 0.0187. The third-order valence-electron chi connectivity index (χ3n) is 2.33. The van der Waals surface area contributed by atoms with Crippen molar-refractivity contribution in [3.63, 3.8) is 0 Å². The number of amides is 1. The molecule has 0 fully saturated rings. The molecule has 0 saturated heterocycles. The van der Waals surface area contributed by atoms with Crippen molar-refractivity contribution in [3.05, 3.63) is 36.8 Å². The number of pyridine rings is 1. The van der Waals surface area contributed by atoms with Crippen LogP contribution in [0.5, 0.6) is 0 Å². The maximum absolute atomic E-state index is 11.7. The number of carbonyl (C=O) groups excluding carboxylic acids is 1. The van der Waals surface area contributed by atoms with Crippen LogP contribution in [0.25, 0.3) is 5.82 Å². The van der Waals surface area contributed by atoms with Gasteiger partial charge in [0.05, 0.1) is 11.8 Å². The number of aromatic nitrogens is 3. The minimum Gasteiger partial charge on any atom is -0.369 e. The van der Waals surface area contributed by atoms with Gasteiger partial charge in [0.2, 0.25) is 5.91 Å². The summed E-state index contributed by atoms with van der Waals surface area (Å²) in [5.74, 6) is 0.362. The molecule has 100 valence electrons. The van der Waals surface area contributed by atoms with Crippen LogP contribution in [0.3, 0.4) is 0 Å². The van der Waals surface area contributed by atoms with Gasteiger partial charge >= 0.3 is 0 Å². The third kappa shape index (κ3) is 3.62. The van der Waals surface area contributed by atoms with Gasteiger partial charge in [-0.25, -0.2) is 9.67 Å². The zero-order valence-corrected chi connectivity index (χ0v) is 10.9. The van der Waals surface area contributed by atoms with E-state index in [2.05, 4.69) is 15.4 Å². The van der Waals surface area contributed by atoms with Gasteiger partial charge in [0.15, 0.2) is 5.82 Å². The summed E-state index contributed by atoms with van der Waals surface area (Å²) in [5, 5.41) is 6.87. The molecule has 2 aromatic heterocycles. The van der Waals surface area contributed by atoms with Crippen molar-refractivity contribution < 1.29 is 9.53 Å². The summed E-state index contributed by atoms with van der Waals surface area (Å²) in [6, 6.07) is 5.32. The van der Waals surface area contributed by atoms with Crippen molar-refractivity contribution in [2.75, 3.05) is 11.9 Å². The van der Waals surface area contributed by atoms with E-state index < -0.39 is 0 Å². The maximum Gasteiger partial charge on any atom is 0.250 e. The van der Waals surface area contributed by atoms with Crippen LogP contribution in [-0.4, -0.2) is 33.4 Å². The van der Waals surface area contributed by atoms with Crippen molar-refractivity contribution in [3.8, 4) is 5.82 Å². The Morgan fingerprint density at radius 1 is 1.42 bits per heavy atom. The highest BCUT2D eigenvalue weighted by Crippen LogP contribution is 2.15. The van der Waals surface area contributed by atoms with E-state index in [1.54, 1.807) is 41.5 Å². The molecule has 6 heteroatoms. The highest BCUT2D eigenvalue weighted by atomic mass is 16.5. The van der Waals surface area contributed by atoms with E-state index in [0.717, 1.165) is 0 Å². The number of rotatable bonds is 5. The van der Waals surface area contributed by atoms with Gasteiger partial charge in [-0.3, -0.25) is 4.79 Å². The molecule has 0 atom stereocenters. The summed E-state index contributed by atoms with van der Waals surface area (Å²) in [6.07, 6.45) is 5.09. The van der Waals surface area contributed by atoms with Crippen molar-refractivity contribution in [1.82, 2.24) is 14.8 Å². The Labute approximate surface area is 111 Å². The molecule has 0 unspecified atom stereocenters. The Bertz CT molecular complexity index is 537. The normalized spacial score (nSPS) is 10.7. The fourth-order valence-electron chi connectivity index (χ4n) is 1.50. The first-order valence-corrected chi connectivity index (χ1v) is 6.03. The van der Waals surface area contributed by atoms with Gasteiger partial charge in [-0.1, -0.05) is 0 Å². The van der Waals surface area contributed by atoms with E-state index in [9.17, 15) is 4.79 Å². The number of ether oxygens (including phenoxy) is 1. The predicted octanol–water partition coefficient (Wildman–Crippen LogP) is 1.63. The van der Waals surface area contributed by atoms with Gasteiger partial charge in [0.1, 0.15) is 6.61 Å². The topological polar surface area (TPSA) is 69.0 Å². The molecule has 2 aromatic rings. The Hall–Kier alpha value is -2.21. The number of nitrogens with zero attached hydrogens (tertiary/aromatic N) is 3. The summed E-state index contributed by atoms with van der Waals surface area (Å²) in [7, 11) is 0. The fraction of sp³-hybridized carbons (Fsp3) is 0.308. The molecular formula is C13H16N4O2. The second kappa shape index (κ2) is 6.10. The molecule has 0 radical (unpaired) electrons. The first-order chi connectivity index (χ1) is 9.16. The van der Waals surface area contributed by atoms with Crippen molar-refractivity contribution in [2.24, 2.45) is 0 Å². The molecule has 19 heavy (non-hydrogen) atoms. The largest absolute Gasteiger partial charge is 0.369 e. The maximum atomic E-state index is 11.7. The van der Waals surface area contributed by atoms with Crippen molar-refractivity contribution >= 4 is 11.6 Å². The highest BCUT2D eigenvalue weighted by Gasteiger charge is 2.10. The lowest BCUT2D eigenvalue weighted by molar-refractivity contribution is -0.121. The van der Waals surface area contributed by atoms with Crippen LogP contribution in [0, 0.1) is 0 Å². The summed E-state index contributed by atoms with van der Waals surface area (Å²) < 4.78 is 6.85. The van der Waals surface area contributed by atoms with Gasteiger partial charge < -0.3 is 10.1 Å². The summed E-state index contributed by atoms with van der Waals surface area (Å²) in [4.78, 5) is 16.0. The molecule has 0 saturated carbocycles. The van der Waals surface area contributed by atoms with Gasteiger partial charge in [-0.05, 0) is 32.0 Å². The lowest BCUT2D eigenvalue weighted by Gasteiger charge is -2.11. The predicted molar refractivity (Wildman–Crippen MR) is 71.1 cm³/mol. The number of hydrogen-bond acceptors (Lipinski definition) is 4. The lowest BCUT2D eigenvalue weighted by atomic mass is 10.3. The van der Waals surface area contributed by atoms with E-state index in [-0.39, 0.29) is 18.6 Å². The molecular weight excluding hydrogens is 244 g/mol.